The molecule has 5 nitrogen and oxygen atoms in total. The van der Waals surface area contributed by atoms with Gasteiger partial charge in [0.25, 0.3) is 5.91 Å². The Kier molecular flexibility index (Phi) is 3.93. The van der Waals surface area contributed by atoms with E-state index < -0.39 is 0 Å². The van der Waals surface area contributed by atoms with Gasteiger partial charge in [0.1, 0.15) is 5.69 Å². The zero-order chi connectivity index (χ0) is 12.1. The number of nitrogens with one attached hydrogen (secondary N) is 2. The van der Waals surface area contributed by atoms with E-state index in [4.69, 9.17) is 0 Å². The van der Waals surface area contributed by atoms with E-state index in [0.717, 1.165) is 19.5 Å². The second kappa shape index (κ2) is 5.63. The number of amides is 1. The van der Waals surface area contributed by atoms with Crippen molar-refractivity contribution < 1.29 is 4.79 Å². The summed E-state index contributed by atoms with van der Waals surface area (Å²) in [6.45, 7) is 6.05. The van der Waals surface area contributed by atoms with Gasteiger partial charge in [0.15, 0.2) is 0 Å². The predicted molar refractivity (Wildman–Crippen MR) is 65.9 cm³/mol. The van der Waals surface area contributed by atoms with Crippen LogP contribution in [0.1, 0.15) is 29.4 Å². The van der Waals surface area contributed by atoms with E-state index >= 15 is 0 Å². The van der Waals surface area contributed by atoms with Gasteiger partial charge in [0.05, 0.1) is 6.33 Å². The largest absolute Gasteiger partial charge is 0.347 e. The lowest BCUT2D eigenvalue weighted by Crippen LogP contribution is -2.31. The fourth-order valence-electron chi connectivity index (χ4n) is 2.00. The van der Waals surface area contributed by atoms with Crippen molar-refractivity contribution in [3.63, 3.8) is 0 Å². The first-order chi connectivity index (χ1) is 8.31. The van der Waals surface area contributed by atoms with Crippen LogP contribution in [-0.4, -0.2) is 35.1 Å². The van der Waals surface area contributed by atoms with Crippen LogP contribution in [0.15, 0.2) is 25.2 Å². The highest BCUT2D eigenvalue weighted by atomic mass is 16.1. The molecular weight excluding hydrogens is 216 g/mol. The lowest BCUT2D eigenvalue weighted by atomic mass is 10.1. The van der Waals surface area contributed by atoms with E-state index in [1.807, 2.05) is 10.8 Å². The number of rotatable bonds is 4. The molecule has 0 bridgehead atoms. The second-order valence-electron chi connectivity index (χ2n) is 4.20. The summed E-state index contributed by atoms with van der Waals surface area (Å²) >= 11 is 0. The number of hydrogen-bond acceptors (Lipinski definition) is 3. The zero-order valence-electron chi connectivity index (χ0n) is 9.85. The van der Waals surface area contributed by atoms with Crippen molar-refractivity contribution in [2.24, 2.45) is 0 Å². The lowest BCUT2D eigenvalue weighted by molar-refractivity contribution is 0.0953. The van der Waals surface area contributed by atoms with Gasteiger partial charge < -0.3 is 15.2 Å². The van der Waals surface area contributed by atoms with Crippen LogP contribution in [0, 0.1) is 0 Å². The Morgan fingerprint density at radius 1 is 1.76 bits per heavy atom. The van der Waals surface area contributed by atoms with E-state index in [1.165, 1.54) is 6.42 Å². The van der Waals surface area contributed by atoms with Gasteiger partial charge in [0.2, 0.25) is 0 Å². The Hall–Kier alpha value is -1.62. The van der Waals surface area contributed by atoms with Gasteiger partial charge in [-0.15, -0.1) is 6.58 Å². The minimum atomic E-state index is -0.146. The maximum absolute atomic E-state index is 11.6. The molecule has 1 atom stereocenters. The molecular formula is C12H18N4O. The number of aromatic nitrogens is 2. The van der Waals surface area contributed by atoms with Gasteiger partial charge >= 0.3 is 0 Å². The highest BCUT2D eigenvalue weighted by molar-refractivity contribution is 5.92. The van der Waals surface area contributed by atoms with E-state index in [0.29, 0.717) is 18.3 Å². The minimum absolute atomic E-state index is 0.146. The molecule has 1 saturated heterocycles. The van der Waals surface area contributed by atoms with Crippen LogP contribution in [0.4, 0.5) is 0 Å². The third-order valence-corrected chi connectivity index (χ3v) is 2.93. The van der Waals surface area contributed by atoms with Gasteiger partial charge in [-0.3, -0.25) is 4.79 Å². The Balaban J connectivity index is 1.99. The molecule has 0 saturated carbocycles. The smallest absolute Gasteiger partial charge is 0.271 e. The summed E-state index contributed by atoms with van der Waals surface area (Å²) in [4.78, 5) is 15.8. The van der Waals surface area contributed by atoms with Crippen molar-refractivity contribution in [3.8, 4) is 0 Å². The van der Waals surface area contributed by atoms with Crippen LogP contribution in [0.5, 0.6) is 0 Å². The van der Waals surface area contributed by atoms with Crippen molar-refractivity contribution in [3.05, 3.63) is 30.9 Å². The van der Waals surface area contributed by atoms with Crippen molar-refractivity contribution in [2.75, 3.05) is 19.6 Å². The molecule has 1 fully saturated rings. The number of carbonyl (C=O) groups excluding carboxylic acids is 1. The molecule has 1 aromatic heterocycles. The third kappa shape index (κ3) is 2.94. The first kappa shape index (κ1) is 11.9. The molecule has 1 amide bonds. The minimum Gasteiger partial charge on any atom is -0.347 e. The molecule has 1 unspecified atom stereocenters. The van der Waals surface area contributed by atoms with Crippen LogP contribution < -0.4 is 10.6 Å². The molecule has 2 heterocycles. The molecule has 17 heavy (non-hydrogen) atoms. The molecule has 2 N–H and O–H groups in total. The number of nitrogens with zero attached hydrogens (tertiary/aromatic N) is 2. The Labute approximate surface area is 101 Å². The van der Waals surface area contributed by atoms with Crippen molar-refractivity contribution in [1.29, 1.82) is 0 Å². The molecule has 1 aromatic rings. The molecule has 0 aliphatic carbocycles. The second-order valence-corrected chi connectivity index (χ2v) is 4.20. The van der Waals surface area contributed by atoms with Crippen LogP contribution >= 0.6 is 0 Å². The maximum Gasteiger partial charge on any atom is 0.271 e. The van der Waals surface area contributed by atoms with Gasteiger partial charge in [-0.2, -0.15) is 0 Å². The fraction of sp³-hybridized carbons (Fsp3) is 0.500. The highest BCUT2D eigenvalue weighted by Gasteiger charge is 2.16. The summed E-state index contributed by atoms with van der Waals surface area (Å²) in [5.74, 6) is -0.146. The normalized spacial score (nSPS) is 19.9. The average molecular weight is 234 g/mol. The summed E-state index contributed by atoms with van der Waals surface area (Å²) in [5, 5.41) is 6.06. The van der Waals surface area contributed by atoms with Gasteiger partial charge in [-0.25, -0.2) is 4.98 Å². The first-order valence-corrected chi connectivity index (χ1v) is 5.94. The summed E-state index contributed by atoms with van der Waals surface area (Å²) < 4.78 is 2.02. The van der Waals surface area contributed by atoms with Crippen molar-refractivity contribution in [1.82, 2.24) is 20.2 Å². The number of hydrogen-bond donors (Lipinski definition) is 2. The van der Waals surface area contributed by atoms with Gasteiger partial charge in [-0.05, 0) is 19.4 Å². The standard InChI is InChI=1S/C12H18N4O/c1-2-5-14-12(17)11-8-16(9-15-11)10-4-3-6-13-7-10/h2,8-10,13H,1,3-7H2,(H,14,17). The molecule has 0 radical (unpaired) electrons. The molecule has 0 spiro atoms. The Bertz CT molecular complexity index is 393. The quantitative estimate of drug-likeness (QED) is 0.755. The maximum atomic E-state index is 11.6. The predicted octanol–water partition coefficient (Wildman–Crippen LogP) is 0.723. The summed E-state index contributed by atoms with van der Waals surface area (Å²) in [6.07, 6.45) is 7.51. The summed E-state index contributed by atoms with van der Waals surface area (Å²) in [5.41, 5.74) is 0.470. The summed E-state index contributed by atoms with van der Waals surface area (Å²) in [6, 6.07) is 0.414. The molecule has 92 valence electrons. The highest BCUT2D eigenvalue weighted by Crippen LogP contribution is 2.16. The number of imidazole rings is 1. The van der Waals surface area contributed by atoms with Crippen LogP contribution in [0.3, 0.4) is 0 Å². The fourth-order valence-corrected chi connectivity index (χ4v) is 2.00. The van der Waals surface area contributed by atoms with Gasteiger partial charge in [0, 0.05) is 25.3 Å². The number of piperidine rings is 1. The molecule has 1 aliphatic rings. The number of carbonyl (C=O) groups is 1. The monoisotopic (exact) mass is 234 g/mol. The van der Waals surface area contributed by atoms with E-state index in [1.54, 1.807) is 12.4 Å². The molecule has 2 rings (SSSR count). The topological polar surface area (TPSA) is 59.0 Å². The molecule has 0 aromatic carbocycles. The zero-order valence-corrected chi connectivity index (χ0v) is 9.85. The Morgan fingerprint density at radius 3 is 3.35 bits per heavy atom. The van der Waals surface area contributed by atoms with E-state index in [9.17, 15) is 4.79 Å². The van der Waals surface area contributed by atoms with Crippen molar-refractivity contribution in [2.45, 2.75) is 18.9 Å². The van der Waals surface area contributed by atoms with Crippen molar-refractivity contribution >= 4 is 5.91 Å². The Morgan fingerprint density at radius 2 is 2.65 bits per heavy atom. The van der Waals surface area contributed by atoms with E-state index in [2.05, 4.69) is 22.2 Å². The van der Waals surface area contributed by atoms with Crippen LogP contribution in [0.2, 0.25) is 0 Å². The summed E-state index contributed by atoms with van der Waals surface area (Å²) in [7, 11) is 0. The SMILES string of the molecule is C=CCNC(=O)c1cn(C2CCCNC2)cn1. The van der Waals surface area contributed by atoms with Crippen LogP contribution in [0.25, 0.3) is 0 Å². The molecule has 5 heteroatoms. The van der Waals surface area contributed by atoms with Gasteiger partial charge in [-0.1, -0.05) is 6.08 Å². The van der Waals surface area contributed by atoms with Crippen LogP contribution in [-0.2, 0) is 0 Å². The molecule has 1 aliphatic heterocycles. The average Bonchev–Trinajstić information content (AvgIpc) is 2.86. The first-order valence-electron chi connectivity index (χ1n) is 5.94. The third-order valence-electron chi connectivity index (χ3n) is 2.93. The van der Waals surface area contributed by atoms with E-state index in [-0.39, 0.29) is 5.91 Å². The lowest BCUT2D eigenvalue weighted by Gasteiger charge is -2.23.